The van der Waals surface area contributed by atoms with E-state index in [0.29, 0.717) is 17.4 Å². The van der Waals surface area contributed by atoms with E-state index in [1.165, 1.54) is 13.4 Å². The fraction of sp³-hybridized carbons (Fsp3) is 0.500. The highest BCUT2D eigenvalue weighted by atomic mass is 19.1. The second kappa shape index (κ2) is 5.21. The Morgan fingerprint density at radius 1 is 1.43 bits per heavy atom. The summed E-state index contributed by atoms with van der Waals surface area (Å²) in [7, 11) is 3.24. The van der Waals surface area contributed by atoms with Crippen molar-refractivity contribution in [3.05, 3.63) is 6.33 Å². The number of hydrogen-bond acceptors (Lipinski definition) is 5. The summed E-state index contributed by atoms with van der Waals surface area (Å²) in [5.74, 6) is 1.55. The molecule has 78 valence electrons. The molecule has 2 N–H and O–H groups in total. The van der Waals surface area contributed by atoms with Gasteiger partial charge in [-0.25, -0.2) is 14.4 Å². The number of alkyl halides is 1. The summed E-state index contributed by atoms with van der Waals surface area (Å²) in [6, 6.07) is 0. The largest absolute Gasteiger partial charge is 0.490 e. The number of ether oxygens (including phenoxy) is 1. The summed E-state index contributed by atoms with van der Waals surface area (Å²) in [5.41, 5.74) is 0. The maximum atomic E-state index is 11.9. The number of anilines is 2. The maximum absolute atomic E-state index is 11.9. The van der Waals surface area contributed by atoms with E-state index < -0.39 is 6.67 Å². The van der Waals surface area contributed by atoms with Gasteiger partial charge >= 0.3 is 0 Å². The third-order valence-corrected chi connectivity index (χ3v) is 1.63. The first-order valence-corrected chi connectivity index (χ1v) is 4.20. The molecule has 0 fully saturated rings. The first-order chi connectivity index (χ1) is 6.83. The van der Waals surface area contributed by atoms with Gasteiger partial charge in [0.25, 0.3) is 0 Å². The minimum Gasteiger partial charge on any atom is -0.490 e. The SMILES string of the molecule is CNc1ncnc(NCCF)c1OC. The highest BCUT2D eigenvalue weighted by molar-refractivity contribution is 5.63. The van der Waals surface area contributed by atoms with Crippen LogP contribution < -0.4 is 15.4 Å². The second-order valence-corrected chi connectivity index (χ2v) is 2.47. The van der Waals surface area contributed by atoms with Crippen LogP contribution in [0.25, 0.3) is 0 Å². The Morgan fingerprint density at radius 2 is 2.14 bits per heavy atom. The molecular formula is C8H13FN4O. The van der Waals surface area contributed by atoms with Crippen LogP contribution in [0.3, 0.4) is 0 Å². The zero-order valence-corrected chi connectivity index (χ0v) is 8.17. The van der Waals surface area contributed by atoms with Crippen LogP contribution in [0.2, 0.25) is 0 Å². The van der Waals surface area contributed by atoms with Gasteiger partial charge in [-0.2, -0.15) is 0 Å². The molecule has 0 atom stereocenters. The van der Waals surface area contributed by atoms with E-state index in [4.69, 9.17) is 4.74 Å². The fourth-order valence-corrected chi connectivity index (χ4v) is 1.04. The molecule has 6 heteroatoms. The molecule has 0 spiro atoms. The molecule has 1 aromatic rings. The van der Waals surface area contributed by atoms with Crippen molar-refractivity contribution in [2.24, 2.45) is 0 Å². The molecule has 5 nitrogen and oxygen atoms in total. The van der Waals surface area contributed by atoms with Gasteiger partial charge in [0.05, 0.1) is 7.11 Å². The molecule has 1 aromatic heterocycles. The average Bonchev–Trinajstić information content (AvgIpc) is 2.25. The van der Waals surface area contributed by atoms with Crippen molar-refractivity contribution in [2.75, 3.05) is 38.0 Å². The number of aromatic nitrogens is 2. The summed E-state index contributed by atoms with van der Waals surface area (Å²) in [4.78, 5) is 7.90. The zero-order valence-electron chi connectivity index (χ0n) is 8.17. The third-order valence-electron chi connectivity index (χ3n) is 1.63. The van der Waals surface area contributed by atoms with Crippen LogP contribution in [-0.2, 0) is 0 Å². The smallest absolute Gasteiger partial charge is 0.204 e. The van der Waals surface area contributed by atoms with Crippen LogP contribution in [0.4, 0.5) is 16.0 Å². The molecule has 0 aliphatic heterocycles. The molecule has 0 saturated carbocycles. The van der Waals surface area contributed by atoms with Gasteiger partial charge in [0.1, 0.15) is 13.0 Å². The van der Waals surface area contributed by atoms with E-state index in [1.807, 2.05) is 0 Å². The lowest BCUT2D eigenvalue weighted by atomic mass is 10.4. The van der Waals surface area contributed by atoms with Crippen molar-refractivity contribution in [1.82, 2.24) is 9.97 Å². The van der Waals surface area contributed by atoms with E-state index in [9.17, 15) is 4.39 Å². The van der Waals surface area contributed by atoms with Crippen LogP contribution in [-0.4, -0.2) is 37.3 Å². The molecule has 0 aromatic carbocycles. The van der Waals surface area contributed by atoms with E-state index in [2.05, 4.69) is 20.6 Å². The second-order valence-electron chi connectivity index (χ2n) is 2.47. The van der Waals surface area contributed by atoms with Crippen molar-refractivity contribution in [1.29, 1.82) is 0 Å². The topological polar surface area (TPSA) is 59.1 Å². The van der Waals surface area contributed by atoms with Crippen LogP contribution >= 0.6 is 0 Å². The molecule has 1 rings (SSSR count). The highest BCUT2D eigenvalue weighted by Gasteiger charge is 2.09. The number of hydrogen-bond donors (Lipinski definition) is 2. The standard InChI is InChI=1S/C8H13FN4O/c1-10-7-6(14-2)8(11-4-3-9)13-5-12-7/h5H,3-4H2,1-2H3,(H2,10,11,12,13). The number of halogens is 1. The molecule has 0 aliphatic carbocycles. The summed E-state index contributed by atoms with van der Waals surface area (Å²) in [5, 5.41) is 5.65. The zero-order chi connectivity index (χ0) is 10.4. The lowest BCUT2D eigenvalue weighted by molar-refractivity contribution is 0.414. The Hall–Kier alpha value is -1.59. The Labute approximate surface area is 81.7 Å². The van der Waals surface area contributed by atoms with Crippen molar-refractivity contribution < 1.29 is 9.13 Å². The van der Waals surface area contributed by atoms with Gasteiger partial charge in [-0.15, -0.1) is 0 Å². The van der Waals surface area contributed by atoms with E-state index in [-0.39, 0.29) is 6.54 Å². The van der Waals surface area contributed by atoms with E-state index >= 15 is 0 Å². The van der Waals surface area contributed by atoms with Crippen LogP contribution in [0.15, 0.2) is 6.33 Å². The monoisotopic (exact) mass is 200 g/mol. The molecule has 0 bridgehead atoms. The third kappa shape index (κ3) is 2.21. The Morgan fingerprint density at radius 3 is 2.71 bits per heavy atom. The predicted octanol–water partition coefficient (Wildman–Crippen LogP) is 0.908. The van der Waals surface area contributed by atoms with Gasteiger partial charge in [0.2, 0.25) is 5.75 Å². The quantitative estimate of drug-likeness (QED) is 0.739. The molecule has 1 heterocycles. The lowest BCUT2D eigenvalue weighted by Crippen LogP contribution is -2.08. The summed E-state index contributed by atoms with van der Waals surface area (Å²) < 4.78 is 17.0. The summed E-state index contributed by atoms with van der Waals surface area (Å²) >= 11 is 0. The molecule has 14 heavy (non-hydrogen) atoms. The molecule has 0 aliphatic rings. The number of methoxy groups -OCH3 is 1. The van der Waals surface area contributed by atoms with Gasteiger partial charge in [-0.1, -0.05) is 0 Å². The van der Waals surface area contributed by atoms with E-state index in [0.717, 1.165) is 0 Å². The Bertz CT molecular complexity index is 295. The number of nitrogens with zero attached hydrogens (tertiary/aromatic N) is 2. The minimum absolute atomic E-state index is 0.205. The van der Waals surface area contributed by atoms with Crippen molar-refractivity contribution in [3.63, 3.8) is 0 Å². The van der Waals surface area contributed by atoms with Crippen LogP contribution in [0.5, 0.6) is 5.75 Å². The Kier molecular flexibility index (Phi) is 3.90. The van der Waals surface area contributed by atoms with Crippen LogP contribution in [0.1, 0.15) is 0 Å². The first-order valence-electron chi connectivity index (χ1n) is 4.20. The summed E-state index contributed by atoms with van der Waals surface area (Å²) in [6.07, 6.45) is 1.38. The molecular weight excluding hydrogens is 187 g/mol. The highest BCUT2D eigenvalue weighted by Crippen LogP contribution is 2.27. The van der Waals surface area contributed by atoms with Gasteiger partial charge in [0, 0.05) is 13.6 Å². The minimum atomic E-state index is -0.456. The normalized spacial score (nSPS) is 9.64. The van der Waals surface area contributed by atoms with Crippen LogP contribution in [0, 0.1) is 0 Å². The van der Waals surface area contributed by atoms with Gasteiger partial charge in [-0.05, 0) is 0 Å². The van der Waals surface area contributed by atoms with Gasteiger partial charge in [-0.3, -0.25) is 0 Å². The Balaban J connectivity index is 2.90. The number of nitrogens with one attached hydrogen (secondary N) is 2. The van der Waals surface area contributed by atoms with E-state index in [1.54, 1.807) is 7.05 Å². The molecule has 0 radical (unpaired) electrons. The van der Waals surface area contributed by atoms with Crippen molar-refractivity contribution >= 4 is 11.6 Å². The fourth-order valence-electron chi connectivity index (χ4n) is 1.04. The van der Waals surface area contributed by atoms with Gasteiger partial charge in [0.15, 0.2) is 11.6 Å². The number of rotatable bonds is 5. The molecule has 0 amide bonds. The van der Waals surface area contributed by atoms with Crippen molar-refractivity contribution in [3.8, 4) is 5.75 Å². The molecule has 0 unspecified atom stereocenters. The molecule has 0 saturated heterocycles. The average molecular weight is 200 g/mol. The first kappa shape index (κ1) is 10.5. The van der Waals surface area contributed by atoms with Crippen molar-refractivity contribution in [2.45, 2.75) is 0 Å². The maximum Gasteiger partial charge on any atom is 0.204 e. The predicted molar refractivity (Wildman–Crippen MR) is 52.6 cm³/mol. The lowest BCUT2D eigenvalue weighted by Gasteiger charge is -2.11. The van der Waals surface area contributed by atoms with Gasteiger partial charge < -0.3 is 15.4 Å². The summed E-state index contributed by atoms with van der Waals surface area (Å²) in [6.45, 7) is -0.251.